The van der Waals surface area contributed by atoms with Gasteiger partial charge in [0.15, 0.2) is 11.7 Å². The number of halogens is 1. The number of carbonyl (C=O) groups excluding carboxylic acids is 1. The minimum Gasteiger partial charge on any atom is -0.484 e. The van der Waals surface area contributed by atoms with E-state index in [1.165, 1.54) is 0 Å². The van der Waals surface area contributed by atoms with Crippen LogP contribution in [0, 0.1) is 13.8 Å². The Bertz CT molecular complexity index is 697. The van der Waals surface area contributed by atoms with Crippen molar-refractivity contribution in [3.8, 4) is 5.75 Å². The van der Waals surface area contributed by atoms with Crippen molar-refractivity contribution in [1.82, 2.24) is 5.32 Å². The maximum absolute atomic E-state index is 11.8. The van der Waals surface area contributed by atoms with Gasteiger partial charge in [0.2, 0.25) is 0 Å². The van der Waals surface area contributed by atoms with Crippen LogP contribution in [0.3, 0.4) is 0 Å². The number of hydrogen-bond donors (Lipinski definition) is 2. The molecule has 0 atom stereocenters. The summed E-state index contributed by atoms with van der Waals surface area (Å²) in [7, 11) is 0. The van der Waals surface area contributed by atoms with E-state index in [4.69, 9.17) is 28.6 Å². The molecule has 0 aliphatic heterocycles. The van der Waals surface area contributed by atoms with Crippen LogP contribution in [0.25, 0.3) is 0 Å². The van der Waals surface area contributed by atoms with Crippen LogP contribution in [0.1, 0.15) is 11.1 Å². The van der Waals surface area contributed by atoms with Crippen molar-refractivity contribution >= 4 is 40.5 Å². The van der Waals surface area contributed by atoms with Crippen molar-refractivity contribution in [2.45, 2.75) is 13.8 Å². The minimum absolute atomic E-state index is 0.129. The Kier molecular flexibility index (Phi) is 5.96. The Morgan fingerprint density at radius 1 is 1.13 bits per heavy atom. The van der Waals surface area contributed by atoms with E-state index in [0.29, 0.717) is 10.8 Å². The quantitative estimate of drug-likeness (QED) is 0.824. The van der Waals surface area contributed by atoms with Crippen LogP contribution >= 0.6 is 23.8 Å². The van der Waals surface area contributed by atoms with Crippen molar-refractivity contribution in [2.75, 3.05) is 11.9 Å². The molecule has 120 valence electrons. The molecule has 1 amide bonds. The van der Waals surface area contributed by atoms with Gasteiger partial charge in [-0.25, -0.2) is 0 Å². The minimum atomic E-state index is -0.332. The van der Waals surface area contributed by atoms with Crippen LogP contribution in [0.5, 0.6) is 5.75 Å². The van der Waals surface area contributed by atoms with E-state index in [9.17, 15) is 4.79 Å². The number of anilines is 1. The molecule has 0 saturated carbocycles. The normalized spacial score (nSPS) is 10.0. The summed E-state index contributed by atoms with van der Waals surface area (Å²) in [5, 5.41) is 6.41. The predicted molar refractivity (Wildman–Crippen MR) is 97.2 cm³/mol. The van der Waals surface area contributed by atoms with Crippen LogP contribution in [0.2, 0.25) is 5.02 Å². The summed E-state index contributed by atoms with van der Waals surface area (Å²) in [5.74, 6) is 0.236. The summed E-state index contributed by atoms with van der Waals surface area (Å²) >= 11 is 10.9. The lowest BCUT2D eigenvalue weighted by molar-refractivity contribution is -0.121. The first-order chi connectivity index (χ1) is 10.9. The van der Waals surface area contributed by atoms with Crippen LogP contribution < -0.4 is 15.4 Å². The molecule has 0 aromatic heterocycles. The molecule has 4 nitrogen and oxygen atoms in total. The predicted octanol–water partition coefficient (Wildman–Crippen LogP) is 3.85. The van der Waals surface area contributed by atoms with Gasteiger partial charge in [0.05, 0.1) is 0 Å². The largest absolute Gasteiger partial charge is 0.484 e. The number of rotatable bonds is 4. The van der Waals surface area contributed by atoms with Gasteiger partial charge in [0.25, 0.3) is 5.91 Å². The highest BCUT2D eigenvalue weighted by Gasteiger charge is 2.06. The van der Waals surface area contributed by atoms with E-state index >= 15 is 0 Å². The number of thiocarbonyl (C=S) groups is 1. The molecule has 0 bridgehead atoms. The van der Waals surface area contributed by atoms with E-state index < -0.39 is 0 Å². The average Bonchev–Trinajstić information content (AvgIpc) is 2.45. The Labute approximate surface area is 145 Å². The summed E-state index contributed by atoms with van der Waals surface area (Å²) in [6.07, 6.45) is 0. The standard InChI is InChI=1S/C17H17ClN2O2S/c1-11-7-12(2)9-14(8-11)19-17(23)20-16(21)10-22-15-5-3-13(18)4-6-15/h3-9H,10H2,1-2H3,(H2,19,20,21,23). The Hall–Kier alpha value is -2.11. The first-order valence-corrected chi connectivity index (χ1v) is 7.78. The van der Waals surface area contributed by atoms with Gasteiger partial charge in [-0.2, -0.15) is 0 Å². The number of hydrogen-bond acceptors (Lipinski definition) is 3. The van der Waals surface area contributed by atoms with Crippen molar-refractivity contribution in [3.05, 3.63) is 58.6 Å². The monoisotopic (exact) mass is 348 g/mol. The topological polar surface area (TPSA) is 50.4 Å². The maximum Gasteiger partial charge on any atom is 0.264 e. The summed E-state index contributed by atoms with van der Waals surface area (Å²) < 4.78 is 5.35. The fourth-order valence-corrected chi connectivity index (χ4v) is 2.41. The number of nitrogens with one attached hydrogen (secondary N) is 2. The lowest BCUT2D eigenvalue weighted by Crippen LogP contribution is -2.37. The molecule has 0 aliphatic rings. The van der Waals surface area contributed by atoms with E-state index in [0.717, 1.165) is 16.8 Å². The molecule has 0 saturated heterocycles. The average molecular weight is 349 g/mol. The number of ether oxygens (including phenoxy) is 1. The second-order valence-electron chi connectivity index (χ2n) is 5.12. The molecule has 0 spiro atoms. The second kappa shape index (κ2) is 7.94. The van der Waals surface area contributed by atoms with Gasteiger partial charge in [-0.05, 0) is 73.6 Å². The molecular formula is C17H17ClN2O2S. The molecule has 6 heteroatoms. The third-order valence-corrected chi connectivity index (χ3v) is 3.37. The SMILES string of the molecule is Cc1cc(C)cc(NC(=S)NC(=O)COc2ccc(Cl)cc2)c1. The van der Waals surface area contributed by atoms with Gasteiger partial charge in [0, 0.05) is 10.7 Å². The van der Waals surface area contributed by atoms with Crippen LogP contribution in [0.15, 0.2) is 42.5 Å². The van der Waals surface area contributed by atoms with E-state index in [1.807, 2.05) is 26.0 Å². The molecule has 0 unspecified atom stereocenters. The molecule has 0 fully saturated rings. The maximum atomic E-state index is 11.8. The van der Waals surface area contributed by atoms with Gasteiger partial charge < -0.3 is 10.1 Å². The number of carbonyl (C=O) groups is 1. The first kappa shape index (κ1) is 17.2. The highest BCUT2D eigenvalue weighted by molar-refractivity contribution is 7.80. The van der Waals surface area contributed by atoms with Crippen LogP contribution in [-0.4, -0.2) is 17.6 Å². The zero-order valence-electron chi connectivity index (χ0n) is 12.9. The zero-order valence-corrected chi connectivity index (χ0v) is 14.4. The molecule has 23 heavy (non-hydrogen) atoms. The van der Waals surface area contributed by atoms with E-state index in [1.54, 1.807) is 24.3 Å². The van der Waals surface area contributed by atoms with Gasteiger partial charge >= 0.3 is 0 Å². The van der Waals surface area contributed by atoms with Crippen molar-refractivity contribution in [1.29, 1.82) is 0 Å². The highest BCUT2D eigenvalue weighted by Crippen LogP contribution is 2.15. The lowest BCUT2D eigenvalue weighted by Gasteiger charge is -2.11. The smallest absolute Gasteiger partial charge is 0.264 e. The van der Waals surface area contributed by atoms with Crippen LogP contribution in [-0.2, 0) is 4.79 Å². The molecule has 2 aromatic carbocycles. The molecular weight excluding hydrogens is 332 g/mol. The second-order valence-corrected chi connectivity index (χ2v) is 5.97. The third kappa shape index (κ3) is 5.88. The van der Waals surface area contributed by atoms with Crippen molar-refractivity contribution < 1.29 is 9.53 Å². The van der Waals surface area contributed by atoms with Crippen molar-refractivity contribution in [3.63, 3.8) is 0 Å². The third-order valence-electron chi connectivity index (χ3n) is 2.92. The molecule has 2 N–H and O–H groups in total. The van der Waals surface area contributed by atoms with Crippen LogP contribution in [0.4, 0.5) is 5.69 Å². The van der Waals surface area contributed by atoms with Gasteiger partial charge in [0.1, 0.15) is 5.75 Å². The molecule has 0 aliphatic carbocycles. The van der Waals surface area contributed by atoms with Crippen molar-refractivity contribution in [2.24, 2.45) is 0 Å². The highest BCUT2D eigenvalue weighted by atomic mass is 35.5. The first-order valence-electron chi connectivity index (χ1n) is 7.00. The lowest BCUT2D eigenvalue weighted by atomic mass is 10.1. The number of aryl methyl sites for hydroxylation is 2. The van der Waals surface area contributed by atoms with Gasteiger partial charge in [-0.3, -0.25) is 10.1 Å². The summed E-state index contributed by atoms with van der Waals surface area (Å²) in [6, 6.07) is 12.8. The fraction of sp³-hybridized carbons (Fsp3) is 0.176. The molecule has 2 aromatic rings. The van der Waals surface area contributed by atoms with E-state index in [2.05, 4.69) is 16.7 Å². The Balaban J connectivity index is 1.82. The fourth-order valence-electron chi connectivity index (χ4n) is 2.05. The van der Waals surface area contributed by atoms with Gasteiger partial charge in [-0.15, -0.1) is 0 Å². The summed E-state index contributed by atoms with van der Waals surface area (Å²) in [6.45, 7) is 3.87. The molecule has 0 heterocycles. The van der Waals surface area contributed by atoms with Gasteiger partial charge in [-0.1, -0.05) is 17.7 Å². The van der Waals surface area contributed by atoms with E-state index in [-0.39, 0.29) is 17.6 Å². The summed E-state index contributed by atoms with van der Waals surface area (Å²) in [5.41, 5.74) is 3.08. The number of benzene rings is 2. The molecule has 0 radical (unpaired) electrons. The number of amides is 1. The Morgan fingerprint density at radius 3 is 2.35 bits per heavy atom. The Morgan fingerprint density at radius 2 is 1.74 bits per heavy atom. The molecule has 2 rings (SSSR count). The zero-order chi connectivity index (χ0) is 16.8. The summed E-state index contributed by atoms with van der Waals surface area (Å²) in [4.78, 5) is 11.8.